The summed E-state index contributed by atoms with van der Waals surface area (Å²) in [5, 5.41) is 11.6. The molecule has 4 nitrogen and oxygen atoms in total. The molecule has 1 fully saturated rings. The summed E-state index contributed by atoms with van der Waals surface area (Å²) in [4.78, 5) is 13.0. The first-order chi connectivity index (χ1) is 5.49. The van der Waals surface area contributed by atoms with Gasteiger partial charge >= 0.3 is 0 Å². The standard InChI is InChI=1S/C7H12N2O2S/c1-7(2)4-12-5(8-11)6(10)9(7)3/h11H,4H2,1-3H3. The number of carbonyl (C=O) groups excluding carboxylic acids is 1. The van der Waals surface area contributed by atoms with Gasteiger partial charge in [-0.05, 0) is 13.8 Å². The Morgan fingerprint density at radius 1 is 1.67 bits per heavy atom. The molecule has 0 aromatic rings. The molecule has 0 aromatic carbocycles. The number of nitrogens with zero attached hydrogens (tertiary/aromatic N) is 2. The van der Waals surface area contributed by atoms with Crippen molar-refractivity contribution in [1.29, 1.82) is 0 Å². The summed E-state index contributed by atoms with van der Waals surface area (Å²) in [5.41, 5.74) is -0.157. The molecule has 1 saturated heterocycles. The largest absolute Gasteiger partial charge is 0.410 e. The van der Waals surface area contributed by atoms with Crippen LogP contribution < -0.4 is 0 Å². The van der Waals surface area contributed by atoms with Crippen LogP contribution in [-0.4, -0.2) is 39.4 Å². The van der Waals surface area contributed by atoms with E-state index in [0.717, 1.165) is 5.75 Å². The lowest BCUT2D eigenvalue weighted by molar-refractivity contribution is -0.126. The van der Waals surface area contributed by atoms with E-state index in [-0.39, 0.29) is 16.5 Å². The monoisotopic (exact) mass is 188 g/mol. The van der Waals surface area contributed by atoms with E-state index >= 15 is 0 Å². The van der Waals surface area contributed by atoms with Crippen molar-refractivity contribution in [3.63, 3.8) is 0 Å². The number of oxime groups is 1. The summed E-state index contributed by atoms with van der Waals surface area (Å²) >= 11 is 1.29. The van der Waals surface area contributed by atoms with Crippen LogP contribution in [0, 0.1) is 0 Å². The van der Waals surface area contributed by atoms with Gasteiger partial charge < -0.3 is 10.1 Å². The van der Waals surface area contributed by atoms with Crippen molar-refractivity contribution in [3.8, 4) is 0 Å². The lowest BCUT2D eigenvalue weighted by Gasteiger charge is -2.38. The molecule has 0 unspecified atom stereocenters. The summed E-state index contributed by atoms with van der Waals surface area (Å²) in [6.07, 6.45) is 0. The van der Waals surface area contributed by atoms with Gasteiger partial charge in [0.1, 0.15) is 0 Å². The van der Waals surface area contributed by atoms with Gasteiger partial charge in [0, 0.05) is 18.3 Å². The molecule has 0 aromatic heterocycles. The average molecular weight is 188 g/mol. The van der Waals surface area contributed by atoms with Crippen LogP contribution in [0.5, 0.6) is 0 Å². The fraction of sp³-hybridized carbons (Fsp3) is 0.714. The van der Waals surface area contributed by atoms with Gasteiger partial charge in [0.2, 0.25) is 5.04 Å². The molecule has 0 spiro atoms. The zero-order valence-corrected chi connectivity index (χ0v) is 8.18. The fourth-order valence-electron chi connectivity index (χ4n) is 0.894. The van der Waals surface area contributed by atoms with Crippen LogP contribution in [0.25, 0.3) is 0 Å². The van der Waals surface area contributed by atoms with Crippen molar-refractivity contribution >= 4 is 22.7 Å². The van der Waals surface area contributed by atoms with Crippen molar-refractivity contribution in [2.24, 2.45) is 5.16 Å². The summed E-state index contributed by atoms with van der Waals surface area (Å²) in [5.74, 6) is 0.549. The molecule has 1 heterocycles. The van der Waals surface area contributed by atoms with Crippen LogP contribution in [0.1, 0.15) is 13.8 Å². The maximum absolute atomic E-state index is 11.4. The van der Waals surface area contributed by atoms with Gasteiger partial charge in [-0.2, -0.15) is 0 Å². The second kappa shape index (κ2) is 2.97. The summed E-state index contributed by atoms with van der Waals surface area (Å²) in [7, 11) is 1.72. The van der Waals surface area contributed by atoms with Gasteiger partial charge in [0.05, 0.1) is 0 Å². The topological polar surface area (TPSA) is 52.9 Å². The Bertz CT molecular complexity index is 238. The first-order valence-electron chi connectivity index (χ1n) is 3.62. The zero-order chi connectivity index (χ0) is 9.35. The van der Waals surface area contributed by atoms with Crippen LogP contribution in [-0.2, 0) is 4.79 Å². The highest BCUT2D eigenvalue weighted by Crippen LogP contribution is 2.26. The Morgan fingerprint density at radius 3 is 2.75 bits per heavy atom. The van der Waals surface area contributed by atoms with E-state index in [2.05, 4.69) is 5.16 Å². The van der Waals surface area contributed by atoms with Gasteiger partial charge in [-0.15, -0.1) is 0 Å². The number of hydrogen-bond donors (Lipinski definition) is 1. The lowest BCUT2D eigenvalue weighted by atomic mass is 10.1. The molecule has 0 radical (unpaired) electrons. The van der Waals surface area contributed by atoms with Gasteiger partial charge in [-0.1, -0.05) is 16.9 Å². The number of carbonyl (C=O) groups is 1. The van der Waals surface area contributed by atoms with E-state index in [1.807, 2.05) is 13.8 Å². The highest BCUT2D eigenvalue weighted by atomic mass is 32.2. The highest BCUT2D eigenvalue weighted by Gasteiger charge is 2.36. The van der Waals surface area contributed by atoms with E-state index in [0.29, 0.717) is 0 Å². The van der Waals surface area contributed by atoms with Crippen LogP contribution in [0.4, 0.5) is 0 Å². The molecule has 1 aliphatic heterocycles. The normalized spacial score (nSPS) is 26.4. The quantitative estimate of drug-likeness (QED) is 0.451. The Balaban J connectivity index is 2.87. The fourth-order valence-corrected chi connectivity index (χ4v) is 1.90. The minimum Gasteiger partial charge on any atom is -0.410 e. The minimum absolute atomic E-state index is 0.157. The predicted molar refractivity (Wildman–Crippen MR) is 48.5 cm³/mol. The van der Waals surface area contributed by atoms with Crippen LogP contribution in [0.2, 0.25) is 0 Å². The van der Waals surface area contributed by atoms with Crippen molar-refractivity contribution in [3.05, 3.63) is 0 Å². The zero-order valence-electron chi connectivity index (χ0n) is 7.37. The second-order valence-corrected chi connectivity index (χ2v) is 4.33. The molecular weight excluding hydrogens is 176 g/mol. The summed E-state index contributed by atoms with van der Waals surface area (Å²) in [6, 6.07) is 0. The maximum Gasteiger partial charge on any atom is 0.282 e. The molecule has 5 heteroatoms. The first kappa shape index (κ1) is 9.38. The number of rotatable bonds is 0. The van der Waals surface area contributed by atoms with Gasteiger partial charge in [-0.25, -0.2) is 0 Å². The van der Waals surface area contributed by atoms with Crippen molar-refractivity contribution in [1.82, 2.24) is 4.90 Å². The third-order valence-corrected chi connectivity index (χ3v) is 3.43. The molecule has 1 rings (SSSR count). The van der Waals surface area contributed by atoms with Crippen LogP contribution in [0.15, 0.2) is 5.16 Å². The Hall–Kier alpha value is -0.710. The minimum atomic E-state index is -0.209. The molecule has 1 N–H and O–H groups in total. The maximum atomic E-state index is 11.4. The van der Waals surface area contributed by atoms with Crippen molar-refractivity contribution in [2.45, 2.75) is 19.4 Å². The third kappa shape index (κ3) is 1.41. The van der Waals surface area contributed by atoms with E-state index in [4.69, 9.17) is 5.21 Å². The Labute approximate surface area is 75.6 Å². The molecule has 1 aliphatic rings. The van der Waals surface area contributed by atoms with Gasteiger partial charge in [0.25, 0.3) is 5.91 Å². The smallest absolute Gasteiger partial charge is 0.282 e. The molecule has 0 bridgehead atoms. The van der Waals surface area contributed by atoms with Gasteiger partial charge in [0.15, 0.2) is 0 Å². The van der Waals surface area contributed by atoms with E-state index in [1.54, 1.807) is 11.9 Å². The highest BCUT2D eigenvalue weighted by molar-refractivity contribution is 8.15. The molecule has 12 heavy (non-hydrogen) atoms. The van der Waals surface area contributed by atoms with Gasteiger partial charge in [-0.3, -0.25) is 4.79 Å². The second-order valence-electron chi connectivity index (χ2n) is 3.37. The Morgan fingerprint density at radius 2 is 2.25 bits per heavy atom. The molecule has 68 valence electrons. The van der Waals surface area contributed by atoms with Crippen LogP contribution >= 0.6 is 11.8 Å². The Kier molecular flexibility index (Phi) is 2.32. The average Bonchev–Trinajstić information content (AvgIpc) is 2.01. The van der Waals surface area contributed by atoms with E-state index < -0.39 is 0 Å². The SMILES string of the molecule is CN1C(=O)C(=NO)SCC1(C)C. The number of thioether (sulfide) groups is 1. The predicted octanol–water partition coefficient (Wildman–Crippen LogP) is 0.758. The molecule has 1 amide bonds. The van der Waals surface area contributed by atoms with Crippen molar-refractivity contribution < 1.29 is 10.0 Å². The first-order valence-corrected chi connectivity index (χ1v) is 4.60. The lowest BCUT2D eigenvalue weighted by Crippen LogP contribution is -2.52. The molecule has 0 aliphatic carbocycles. The number of amides is 1. The molecule has 0 atom stereocenters. The van der Waals surface area contributed by atoms with Crippen LogP contribution in [0.3, 0.4) is 0 Å². The van der Waals surface area contributed by atoms with E-state index in [1.165, 1.54) is 11.8 Å². The molecular formula is C7H12N2O2S. The van der Waals surface area contributed by atoms with Crippen molar-refractivity contribution in [2.75, 3.05) is 12.8 Å². The van der Waals surface area contributed by atoms with E-state index in [9.17, 15) is 4.79 Å². The molecule has 0 saturated carbocycles. The summed E-state index contributed by atoms with van der Waals surface area (Å²) < 4.78 is 0. The summed E-state index contributed by atoms with van der Waals surface area (Å²) in [6.45, 7) is 3.96. The third-order valence-electron chi connectivity index (χ3n) is 2.05. The number of hydrogen-bond acceptors (Lipinski definition) is 4.